The molecule has 0 spiro atoms. The zero-order valence-electron chi connectivity index (χ0n) is 14.3. The molecule has 0 unspecified atom stereocenters. The monoisotopic (exact) mass is 355 g/mol. The van der Waals surface area contributed by atoms with E-state index < -0.39 is 5.97 Å². The van der Waals surface area contributed by atoms with Crippen LogP contribution in [0.1, 0.15) is 21.6 Å². The van der Waals surface area contributed by atoms with E-state index >= 15 is 0 Å². The predicted molar refractivity (Wildman–Crippen MR) is 101 cm³/mol. The van der Waals surface area contributed by atoms with Gasteiger partial charge >= 0.3 is 0 Å². The van der Waals surface area contributed by atoms with Gasteiger partial charge in [0, 0.05) is 17.4 Å². The Kier molecular flexibility index (Phi) is 4.26. The molecule has 1 aromatic heterocycles. The summed E-state index contributed by atoms with van der Waals surface area (Å²) in [6.45, 7) is 0. The summed E-state index contributed by atoms with van der Waals surface area (Å²) in [5.41, 5.74) is 1.79. The van der Waals surface area contributed by atoms with Crippen molar-refractivity contribution in [2.24, 2.45) is 0 Å². The minimum Gasteiger partial charge on any atom is -0.545 e. The molecular formula is C22H15N2O3-. The number of fused-ring (bicyclic) bond motifs is 1. The number of carbonyl (C=O) groups is 1. The van der Waals surface area contributed by atoms with Crippen LogP contribution in [0.15, 0.2) is 83.7 Å². The van der Waals surface area contributed by atoms with Gasteiger partial charge in [0.2, 0.25) is 0 Å². The van der Waals surface area contributed by atoms with Crippen LogP contribution in [0.2, 0.25) is 0 Å². The van der Waals surface area contributed by atoms with Gasteiger partial charge < -0.3 is 9.90 Å². The maximum absolute atomic E-state index is 12.9. The number of aromatic carboxylic acids is 1. The third-order valence-corrected chi connectivity index (χ3v) is 4.48. The standard InChI is InChI=1S/C22H16N2O3/c25-21-19-13-7-6-12-18(19)20(23-24(21)16-9-2-1-3-10-16)14-15-8-4-5-11-17(15)22(26)27/h1-13H,14H2,(H,26,27)/p-1. The first-order valence-electron chi connectivity index (χ1n) is 8.51. The fourth-order valence-electron chi connectivity index (χ4n) is 3.18. The second-order valence-corrected chi connectivity index (χ2v) is 6.17. The number of carboxylic acids is 1. The van der Waals surface area contributed by atoms with E-state index in [1.807, 2.05) is 42.5 Å². The predicted octanol–water partition coefficient (Wildman–Crippen LogP) is 2.34. The van der Waals surface area contributed by atoms with Crippen LogP contribution in [-0.2, 0) is 6.42 Å². The number of rotatable bonds is 4. The Labute approximate surface area is 155 Å². The van der Waals surface area contributed by atoms with Gasteiger partial charge in [0.15, 0.2) is 0 Å². The van der Waals surface area contributed by atoms with Gasteiger partial charge in [-0.2, -0.15) is 9.78 Å². The van der Waals surface area contributed by atoms with E-state index in [9.17, 15) is 14.7 Å². The molecule has 0 N–H and O–H groups in total. The largest absolute Gasteiger partial charge is 0.545 e. The second-order valence-electron chi connectivity index (χ2n) is 6.17. The van der Waals surface area contributed by atoms with Gasteiger partial charge in [-0.25, -0.2) is 0 Å². The van der Waals surface area contributed by atoms with Gasteiger partial charge in [0.05, 0.1) is 22.7 Å². The molecule has 0 amide bonds. The van der Waals surface area contributed by atoms with Gasteiger partial charge in [-0.15, -0.1) is 0 Å². The van der Waals surface area contributed by atoms with E-state index in [4.69, 9.17) is 0 Å². The minimum absolute atomic E-state index is 0.126. The SMILES string of the molecule is O=C([O-])c1ccccc1Cc1nn(-c2ccccc2)c(=O)c2ccccc12. The summed E-state index contributed by atoms with van der Waals surface area (Å²) < 4.78 is 1.36. The number of carboxylic acid groups (broad SMARTS) is 1. The maximum atomic E-state index is 12.9. The van der Waals surface area contributed by atoms with Crippen molar-refractivity contribution >= 4 is 16.7 Å². The van der Waals surface area contributed by atoms with Crippen molar-refractivity contribution in [3.63, 3.8) is 0 Å². The third-order valence-electron chi connectivity index (χ3n) is 4.48. The Hall–Kier alpha value is -3.73. The van der Waals surface area contributed by atoms with Crippen LogP contribution < -0.4 is 10.7 Å². The van der Waals surface area contributed by atoms with Crippen LogP contribution in [0.4, 0.5) is 0 Å². The average Bonchev–Trinajstić information content (AvgIpc) is 2.71. The van der Waals surface area contributed by atoms with Crippen LogP contribution in [0.5, 0.6) is 0 Å². The first kappa shape index (κ1) is 16.7. The zero-order chi connectivity index (χ0) is 18.8. The van der Waals surface area contributed by atoms with Crippen LogP contribution in [-0.4, -0.2) is 15.7 Å². The van der Waals surface area contributed by atoms with E-state index in [2.05, 4.69) is 5.10 Å². The molecule has 4 aromatic rings. The molecule has 0 atom stereocenters. The molecule has 27 heavy (non-hydrogen) atoms. The molecule has 0 saturated heterocycles. The second kappa shape index (κ2) is 6.88. The third kappa shape index (κ3) is 3.11. The van der Waals surface area contributed by atoms with Crippen LogP contribution in [0.25, 0.3) is 16.5 Å². The Bertz CT molecular complexity index is 1200. The van der Waals surface area contributed by atoms with E-state index in [-0.39, 0.29) is 17.5 Å². The Morgan fingerprint density at radius 1 is 0.852 bits per heavy atom. The molecule has 4 rings (SSSR count). The summed E-state index contributed by atoms with van der Waals surface area (Å²) in [5.74, 6) is -1.23. The lowest BCUT2D eigenvalue weighted by Crippen LogP contribution is -2.25. The van der Waals surface area contributed by atoms with Crippen molar-refractivity contribution in [1.29, 1.82) is 0 Å². The molecule has 1 heterocycles. The average molecular weight is 355 g/mol. The topological polar surface area (TPSA) is 75.0 Å². The molecular weight excluding hydrogens is 340 g/mol. The summed E-state index contributed by atoms with van der Waals surface area (Å²) in [7, 11) is 0. The number of nitrogens with zero attached hydrogens (tertiary/aromatic N) is 2. The van der Waals surface area contributed by atoms with Crippen LogP contribution in [0, 0.1) is 0 Å². The Morgan fingerprint density at radius 3 is 2.22 bits per heavy atom. The summed E-state index contributed by atoms with van der Waals surface area (Å²) in [6, 6.07) is 23.1. The number of para-hydroxylation sites is 1. The van der Waals surface area contributed by atoms with Crippen molar-refractivity contribution in [2.45, 2.75) is 6.42 Å². The minimum atomic E-state index is -1.23. The lowest BCUT2D eigenvalue weighted by molar-refractivity contribution is -0.255. The first-order valence-corrected chi connectivity index (χ1v) is 8.51. The zero-order valence-corrected chi connectivity index (χ0v) is 14.3. The highest BCUT2D eigenvalue weighted by atomic mass is 16.4. The van der Waals surface area contributed by atoms with Crippen LogP contribution in [0.3, 0.4) is 0 Å². The van der Waals surface area contributed by atoms with Crippen molar-refractivity contribution in [2.75, 3.05) is 0 Å². The van der Waals surface area contributed by atoms with Gasteiger partial charge in [0.25, 0.3) is 5.56 Å². The molecule has 0 bridgehead atoms. The summed E-state index contributed by atoms with van der Waals surface area (Å²) in [4.78, 5) is 24.3. The smallest absolute Gasteiger partial charge is 0.279 e. The first-order chi connectivity index (χ1) is 13.1. The highest BCUT2D eigenvalue weighted by molar-refractivity contribution is 5.88. The fourth-order valence-corrected chi connectivity index (χ4v) is 3.18. The molecule has 132 valence electrons. The molecule has 5 heteroatoms. The number of hydrogen-bond donors (Lipinski definition) is 0. The number of carbonyl (C=O) groups excluding carboxylic acids is 1. The van der Waals surface area contributed by atoms with Gasteiger partial charge in [-0.3, -0.25) is 4.79 Å². The summed E-state index contributed by atoms with van der Waals surface area (Å²) in [6.07, 6.45) is 0.276. The van der Waals surface area contributed by atoms with E-state index in [1.54, 1.807) is 30.3 Å². The molecule has 0 aliphatic carbocycles. The van der Waals surface area contributed by atoms with E-state index in [0.29, 0.717) is 27.7 Å². The van der Waals surface area contributed by atoms with E-state index in [1.165, 1.54) is 10.7 Å². The Morgan fingerprint density at radius 2 is 1.48 bits per heavy atom. The molecule has 0 saturated carbocycles. The normalized spacial score (nSPS) is 10.8. The number of hydrogen-bond acceptors (Lipinski definition) is 4. The lowest BCUT2D eigenvalue weighted by atomic mass is 10.00. The summed E-state index contributed by atoms with van der Waals surface area (Å²) in [5, 5.41) is 17.2. The molecule has 0 radical (unpaired) electrons. The van der Waals surface area contributed by atoms with Crippen LogP contribution >= 0.6 is 0 Å². The van der Waals surface area contributed by atoms with Gasteiger partial charge in [0.1, 0.15) is 0 Å². The van der Waals surface area contributed by atoms with Crippen molar-refractivity contribution in [3.05, 3.63) is 106 Å². The lowest BCUT2D eigenvalue weighted by Gasteiger charge is -2.13. The highest BCUT2D eigenvalue weighted by Crippen LogP contribution is 2.20. The molecule has 0 aliphatic rings. The highest BCUT2D eigenvalue weighted by Gasteiger charge is 2.13. The van der Waals surface area contributed by atoms with E-state index in [0.717, 1.165) is 0 Å². The summed E-state index contributed by atoms with van der Waals surface area (Å²) >= 11 is 0. The Balaban J connectivity index is 1.95. The molecule has 3 aromatic carbocycles. The molecule has 0 fully saturated rings. The van der Waals surface area contributed by atoms with Gasteiger partial charge in [-0.05, 0) is 23.8 Å². The quantitative estimate of drug-likeness (QED) is 0.563. The van der Waals surface area contributed by atoms with Crippen molar-refractivity contribution < 1.29 is 9.90 Å². The molecule has 0 aliphatic heterocycles. The fraction of sp³-hybridized carbons (Fsp3) is 0.0455. The number of benzene rings is 3. The van der Waals surface area contributed by atoms with Crippen molar-refractivity contribution in [1.82, 2.24) is 9.78 Å². The maximum Gasteiger partial charge on any atom is 0.279 e. The molecule has 5 nitrogen and oxygen atoms in total. The van der Waals surface area contributed by atoms with Crippen molar-refractivity contribution in [3.8, 4) is 5.69 Å². The number of aromatic nitrogens is 2. The van der Waals surface area contributed by atoms with Gasteiger partial charge in [-0.1, -0.05) is 60.7 Å².